The van der Waals surface area contributed by atoms with Gasteiger partial charge in [0, 0.05) is 39.3 Å². The van der Waals surface area contributed by atoms with Crippen LogP contribution in [0, 0.1) is 20.8 Å². The Labute approximate surface area is 249 Å². The third-order valence-corrected chi connectivity index (χ3v) is 8.50. The SMILES string of the molecule is CCOC(=O)COCCN1CCN(CCOCCOC2CCC3(CC2)OC(=O)C(c2c(C)cc(C)cc2C)=C3O)CC1. The van der Waals surface area contributed by atoms with Crippen LogP contribution in [0.4, 0.5) is 0 Å². The summed E-state index contributed by atoms with van der Waals surface area (Å²) in [6.45, 7) is 16.0. The first-order chi connectivity index (χ1) is 20.2. The van der Waals surface area contributed by atoms with Gasteiger partial charge in [0.2, 0.25) is 0 Å². The molecule has 1 aromatic rings. The third-order valence-electron chi connectivity index (χ3n) is 8.50. The zero-order valence-corrected chi connectivity index (χ0v) is 25.7. The van der Waals surface area contributed by atoms with E-state index in [1.807, 2.05) is 32.9 Å². The Morgan fingerprint density at radius 1 is 0.952 bits per heavy atom. The van der Waals surface area contributed by atoms with Crippen molar-refractivity contribution in [2.75, 3.05) is 78.9 Å². The number of aliphatic hydroxyl groups is 1. The average molecular weight is 589 g/mol. The highest BCUT2D eigenvalue weighted by molar-refractivity contribution is 6.20. The lowest BCUT2D eigenvalue weighted by Crippen LogP contribution is -2.48. The number of aryl methyl sites for hydroxylation is 3. The Hall–Kier alpha value is -2.50. The highest BCUT2D eigenvalue weighted by Crippen LogP contribution is 2.46. The van der Waals surface area contributed by atoms with E-state index in [1.54, 1.807) is 6.92 Å². The number of hydrogen-bond donors (Lipinski definition) is 1. The molecule has 0 bridgehead atoms. The molecule has 1 saturated carbocycles. The van der Waals surface area contributed by atoms with Crippen molar-refractivity contribution in [1.29, 1.82) is 0 Å². The molecule has 1 N–H and O–H groups in total. The molecule has 234 valence electrons. The first-order valence-corrected chi connectivity index (χ1v) is 15.3. The van der Waals surface area contributed by atoms with Gasteiger partial charge in [0.15, 0.2) is 11.4 Å². The number of piperazine rings is 1. The molecule has 10 nitrogen and oxygen atoms in total. The molecule has 1 aromatic carbocycles. The molecule has 0 unspecified atom stereocenters. The Bertz CT molecular complexity index is 1080. The molecule has 3 aliphatic rings. The maximum atomic E-state index is 12.9. The summed E-state index contributed by atoms with van der Waals surface area (Å²) in [5.41, 5.74) is 3.23. The van der Waals surface area contributed by atoms with Gasteiger partial charge in [-0.2, -0.15) is 0 Å². The molecule has 42 heavy (non-hydrogen) atoms. The lowest BCUT2D eigenvalue weighted by atomic mass is 9.80. The molecule has 1 aliphatic carbocycles. The molecule has 4 rings (SSSR count). The van der Waals surface area contributed by atoms with Crippen molar-refractivity contribution in [3.05, 3.63) is 40.1 Å². The number of rotatable bonds is 14. The molecule has 10 heteroatoms. The number of benzene rings is 1. The second kappa shape index (κ2) is 15.3. The fraction of sp³-hybridized carbons (Fsp3) is 0.688. The van der Waals surface area contributed by atoms with Gasteiger partial charge < -0.3 is 28.8 Å². The van der Waals surface area contributed by atoms with Gasteiger partial charge in [-0.3, -0.25) is 9.80 Å². The minimum absolute atomic E-state index is 0.0155. The van der Waals surface area contributed by atoms with Crippen molar-refractivity contribution in [3.63, 3.8) is 0 Å². The number of ether oxygens (including phenoxy) is 5. The first kappa shape index (κ1) is 32.4. The van der Waals surface area contributed by atoms with Crippen LogP contribution in [0.3, 0.4) is 0 Å². The standard InChI is InChI=1S/C32H48N2O8/c1-5-40-27(35)22-39-17-15-34-12-10-33(11-13-34)14-16-38-18-19-41-26-6-8-32(9-7-26)30(36)29(31(37)42-32)28-24(3)20-23(2)21-25(28)4/h20-21,26,36H,5-19,22H2,1-4H3. The van der Waals surface area contributed by atoms with E-state index in [9.17, 15) is 14.7 Å². The monoisotopic (exact) mass is 588 g/mol. The summed E-state index contributed by atoms with van der Waals surface area (Å²) in [7, 11) is 0. The predicted octanol–water partition coefficient (Wildman–Crippen LogP) is 3.35. The van der Waals surface area contributed by atoms with Crippen molar-refractivity contribution in [2.24, 2.45) is 0 Å². The van der Waals surface area contributed by atoms with Gasteiger partial charge in [0.25, 0.3) is 0 Å². The van der Waals surface area contributed by atoms with Crippen LogP contribution >= 0.6 is 0 Å². The number of hydrogen-bond acceptors (Lipinski definition) is 10. The van der Waals surface area contributed by atoms with Crippen molar-refractivity contribution in [1.82, 2.24) is 9.80 Å². The summed E-state index contributed by atoms with van der Waals surface area (Å²) < 4.78 is 28.0. The summed E-state index contributed by atoms with van der Waals surface area (Å²) in [6, 6.07) is 4.06. The van der Waals surface area contributed by atoms with Crippen LogP contribution in [0.15, 0.2) is 17.9 Å². The summed E-state index contributed by atoms with van der Waals surface area (Å²) in [5, 5.41) is 11.2. The lowest BCUT2D eigenvalue weighted by molar-refractivity contribution is -0.152. The largest absolute Gasteiger partial charge is 0.507 e. The van der Waals surface area contributed by atoms with Crippen LogP contribution in [-0.2, 0) is 33.3 Å². The predicted molar refractivity (Wildman–Crippen MR) is 158 cm³/mol. The van der Waals surface area contributed by atoms with Gasteiger partial charge in [0.05, 0.1) is 39.1 Å². The molecule has 2 aliphatic heterocycles. The normalized spacial score (nSPS) is 23.5. The smallest absolute Gasteiger partial charge is 0.343 e. The van der Waals surface area contributed by atoms with Crippen LogP contribution < -0.4 is 0 Å². The quantitative estimate of drug-likeness (QED) is 0.257. The van der Waals surface area contributed by atoms with Crippen LogP contribution in [0.2, 0.25) is 0 Å². The molecule has 1 spiro atoms. The van der Waals surface area contributed by atoms with Crippen LogP contribution in [0.1, 0.15) is 54.9 Å². The highest BCUT2D eigenvalue weighted by Gasteiger charge is 2.51. The van der Waals surface area contributed by atoms with Gasteiger partial charge in [-0.15, -0.1) is 0 Å². The van der Waals surface area contributed by atoms with E-state index >= 15 is 0 Å². The van der Waals surface area contributed by atoms with Crippen LogP contribution in [-0.4, -0.2) is 117 Å². The van der Waals surface area contributed by atoms with Crippen molar-refractivity contribution in [2.45, 2.75) is 65.1 Å². The minimum atomic E-state index is -0.938. The lowest BCUT2D eigenvalue weighted by Gasteiger charge is -2.35. The van der Waals surface area contributed by atoms with E-state index in [-0.39, 0.29) is 24.4 Å². The molecule has 2 heterocycles. The molecule has 0 radical (unpaired) electrons. The van der Waals surface area contributed by atoms with Crippen molar-refractivity contribution < 1.29 is 38.4 Å². The number of carbonyl (C=O) groups excluding carboxylic acids is 2. The topological polar surface area (TPSA) is 107 Å². The van der Waals surface area contributed by atoms with Gasteiger partial charge >= 0.3 is 11.9 Å². The maximum absolute atomic E-state index is 12.9. The highest BCUT2D eigenvalue weighted by atomic mass is 16.6. The van der Waals surface area contributed by atoms with Gasteiger partial charge in [-0.25, -0.2) is 9.59 Å². The second-order valence-electron chi connectivity index (χ2n) is 11.6. The Morgan fingerprint density at radius 2 is 1.55 bits per heavy atom. The maximum Gasteiger partial charge on any atom is 0.343 e. The van der Waals surface area contributed by atoms with E-state index in [1.165, 1.54) is 0 Å². The van der Waals surface area contributed by atoms with Gasteiger partial charge in [0.1, 0.15) is 12.2 Å². The zero-order valence-electron chi connectivity index (χ0n) is 25.7. The summed E-state index contributed by atoms with van der Waals surface area (Å²) in [5.74, 6) is -0.670. The van der Waals surface area contributed by atoms with E-state index < -0.39 is 11.6 Å². The average Bonchev–Trinajstić information content (AvgIpc) is 3.18. The number of carbonyl (C=O) groups is 2. The van der Waals surface area contributed by atoms with E-state index in [0.29, 0.717) is 64.3 Å². The fourth-order valence-corrected chi connectivity index (χ4v) is 6.32. The summed E-state index contributed by atoms with van der Waals surface area (Å²) in [6.07, 6.45) is 2.59. The Morgan fingerprint density at radius 3 is 2.14 bits per heavy atom. The molecule has 1 saturated heterocycles. The number of aliphatic hydroxyl groups excluding tert-OH is 1. The second-order valence-corrected chi connectivity index (χ2v) is 11.6. The van der Waals surface area contributed by atoms with Crippen molar-refractivity contribution in [3.8, 4) is 0 Å². The van der Waals surface area contributed by atoms with E-state index in [4.69, 9.17) is 23.7 Å². The number of nitrogens with zero attached hydrogens (tertiary/aromatic N) is 2. The zero-order chi connectivity index (χ0) is 30.1. The van der Waals surface area contributed by atoms with Gasteiger partial charge in [-0.1, -0.05) is 17.7 Å². The van der Waals surface area contributed by atoms with E-state index in [0.717, 1.165) is 61.5 Å². The fourth-order valence-electron chi connectivity index (χ4n) is 6.32. The third kappa shape index (κ3) is 8.32. The van der Waals surface area contributed by atoms with Crippen LogP contribution in [0.25, 0.3) is 5.57 Å². The molecule has 0 atom stereocenters. The summed E-state index contributed by atoms with van der Waals surface area (Å²) >= 11 is 0. The Kier molecular flexibility index (Phi) is 11.8. The minimum Gasteiger partial charge on any atom is -0.507 e. The Balaban J connectivity index is 1.08. The van der Waals surface area contributed by atoms with Gasteiger partial charge in [-0.05, 0) is 70.1 Å². The molecular formula is C32H48N2O8. The first-order valence-electron chi connectivity index (χ1n) is 15.3. The number of esters is 2. The summed E-state index contributed by atoms with van der Waals surface area (Å²) in [4.78, 5) is 29.0. The molecule has 0 aromatic heterocycles. The van der Waals surface area contributed by atoms with Crippen LogP contribution in [0.5, 0.6) is 0 Å². The van der Waals surface area contributed by atoms with E-state index in [2.05, 4.69) is 9.80 Å². The molecule has 2 fully saturated rings. The molecular weight excluding hydrogens is 540 g/mol. The van der Waals surface area contributed by atoms with Crippen molar-refractivity contribution >= 4 is 17.5 Å². The molecule has 0 amide bonds.